The lowest BCUT2D eigenvalue weighted by Gasteiger charge is -2.02. The summed E-state index contributed by atoms with van der Waals surface area (Å²) in [7, 11) is 1.40. The number of oxazole rings is 1. The van der Waals surface area contributed by atoms with Crippen LogP contribution < -0.4 is 4.74 Å². The highest BCUT2D eigenvalue weighted by molar-refractivity contribution is 7.15. The van der Waals surface area contributed by atoms with E-state index in [9.17, 15) is 10.1 Å². The molecule has 0 bridgehead atoms. The van der Waals surface area contributed by atoms with Crippen LogP contribution in [0.4, 0.5) is 5.69 Å². The maximum Gasteiger partial charge on any atom is 0.311 e. The van der Waals surface area contributed by atoms with Crippen LogP contribution in [0.3, 0.4) is 0 Å². The lowest BCUT2D eigenvalue weighted by atomic mass is 10.1. The second-order valence-corrected chi connectivity index (χ2v) is 7.04. The zero-order chi connectivity index (χ0) is 18.3. The lowest BCUT2D eigenvalue weighted by Crippen LogP contribution is -1.94. The summed E-state index contributed by atoms with van der Waals surface area (Å²) in [5.41, 5.74) is 2.82. The van der Waals surface area contributed by atoms with Gasteiger partial charge in [-0.15, -0.1) is 11.3 Å². The lowest BCUT2D eigenvalue weighted by molar-refractivity contribution is -0.385. The number of hydrogen-bond acceptors (Lipinski definition) is 6. The fourth-order valence-corrected chi connectivity index (χ4v) is 3.62. The van der Waals surface area contributed by atoms with E-state index in [1.54, 1.807) is 23.5 Å². The van der Waals surface area contributed by atoms with E-state index in [2.05, 4.69) is 24.0 Å². The molecule has 0 N–H and O–H groups in total. The minimum absolute atomic E-state index is 0.123. The number of aromatic nitrogens is 1. The molecule has 0 radical (unpaired) electrons. The van der Waals surface area contributed by atoms with Gasteiger partial charge in [0, 0.05) is 21.4 Å². The van der Waals surface area contributed by atoms with E-state index in [-0.39, 0.29) is 11.4 Å². The topological polar surface area (TPSA) is 78.4 Å². The number of nitro groups is 1. The Hall–Kier alpha value is -3.19. The van der Waals surface area contributed by atoms with E-state index in [1.807, 2.05) is 18.2 Å². The zero-order valence-electron chi connectivity index (χ0n) is 14.1. The number of thiophene rings is 1. The minimum atomic E-state index is -0.484. The molecule has 2 aromatic heterocycles. The Kier molecular flexibility index (Phi) is 3.93. The fraction of sp³-hybridized carbons (Fsp3) is 0.105. The summed E-state index contributed by atoms with van der Waals surface area (Å²) in [6.45, 7) is 2.07. The number of ether oxygens (including phenoxy) is 1. The van der Waals surface area contributed by atoms with Gasteiger partial charge in [0.05, 0.1) is 12.0 Å². The molecule has 0 fully saturated rings. The van der Waals surface area contributed by atoms with Gasteiger partial charge in [0.2, 0.25) is 5.89 Å². The van der Waals surface area contributed by atoms with Crippen LogP contribution in [0.15, 0.2) is 52.9 Å². The second-order valence-electron chi connectivity index (χ2n) is 5.76. The van der Waals surface area contributed by atoms with Crippen molar-refractivity contribution in [2.45, 2.75) is 6.92 Å². The van der Waals surface area contributed by atoms with Gasteiger partial charge in [-0.3, -0.25) is 10.1 Å². The van der Waals surface area contributed by atoms with Gasteiger partial charge in [0.25, 0.3) is 0 Å². The molecule has 0 unspecified atom stereocenters. The van der Waals surface area contributed by atoms with Crippen molar-refractivity contribution in [2.24, 2.45) is 0 Å². The van der Waals surface area contributed by atoms with Crippen molar-refractivity contribution in [3.63, 3.8) is 0 Å². The Morgan fingerprint density at radius 2 is 1.92 bits per heavy atom. The van der Waals surface area contributed by atoms with Crippen molar-refractivity contribution < 1.29 is 14.1 Å². The highest BCUT2D eigenvalue weighted by Crippen LogP contribution is 2.35. The summed E-state index contributed by atoms with van der Waals surface area (Å²) in [6.07, 6.45) is 0. The second kappa shape index (κ2) is 6.27. The summed E-state index contributed by atoms with van der Waals surface area (Å²) in [5.74, 6) is 0.537. The zero-order valence-corrected chi connectivity index (χ0v) is 14.9. The molecule has 0 saturated heterocycles. The third-order valence-electron chi connectivity index (χ3n) is 4.03. The first-order valence-corrected chi connectivity index (χ1v) is 8.67. The van der Waals surface area contributed by atoms with Gasteiger partial charge in [-0.25, -0.2) is 4.98 Å². The number of nitro benzene ring substituents is 1. The van der Waals surface area contributed by atoms with Crippen molar-refractivity contribution in [1.82, 2.24) is 4.98 Å². The molecule has 2 heterocycles. The first-order chi connectivity index (χ1) is 12.5. The molecule has 0 atom stereocenters. The van der Waals surface area contributed by atoms with Gasteiger partial charge < -0.3 is 9.15 Å². The Labute approximate surface area is 152 Å². The fourth-order valence-electron chi connectivity index (χ4n) is 2.76. The maximum absolute atomic E-state index is 11.2. The standard InChI is InChI=1S/C19H14N2O4S/c1-11-3-8-18(26-11)12-4-6-16-14(9-12)20-19(25-16)13-5-7-17(24-2)15(10-13)21(22)23/h3-10H,1-2H3. The predicted octanol–water partition coefficient (Wildman–Crippen LogP) is 5.45. The molecule has 7 heteroatoms. The third kappa shape index (κ3) is 2.82. The number of rotatable bonds is 4. The maximum atomic E-state index is 11.2. The number of aryl methyl sites for hydroxylation is 1. The molecule has 4 rings (SSSR count). The van der Waals surface area contributed by atoms with Crippen molar-refractivity contribution in [3.05, 3.63) is 63.5 Å². The van der Waals surface area contributed by atoms with Crippen molar-refractivity contribution in [3.8, 4) is 27.6 Å². The highest BCUT2D eigenvalue weighted by atomic mass is 32.1. The average Bonchev–Trinajstić information content (AvgIpc) is 3.26. The molecule has 0 spiro atoms. The van der Waals surface area contributed by atoms with E-state index in [0.717, 1.165) is 10.4 Å². The van der Waals surface area contributed by atoms with Gasteiger partial charge in [0.1, 0.15) is 5.52 Å². The molecule has 0 aliphatic rings. The molecule has 6 nitrogen and oxygen atoms in total. The SMILES string of the molecule is COc1ccc(-c2nc3cc(-c4ccc(C)s4)ccc3o2)cc1[N+](=O)[O-]. The monoisotopic (exact) mass is 366 g/mol. The number of benzene rings is 2. The first-order valence-electron chi connectivity index (χ1n) is 7.85. The molecule has 0 amide bonds. The van der Waals surface area contributed by atoms with Crippen molar-refractivity contribution >= 4 is 28.1 Å². The van der Waals surface area contributed by atoms with Crippen LogP contribution in [0.1, 0.15) is 4.88 Å². The van der Waals surface area contributed by atoms with E-state index < -0.39 is 4.92 Å². The molecule has 0 saturated carbocycles. The van der Waals surface area contributed by atoms with Gasteiger partial charge >= 0.3 is 5.69 Å². The number of fused-ring (bicyclic) bond motifs is 1. The van der Waals surface area contributed by atoms with Crippen molar-refractivity contribution in [1.29, 1.82) is 0 Å². The predicted molar refractivity (Wildman–Crippen MR) is 101 cm³/mol. The van der Waals surface area contributed by atoms with Gasteiger partial charge in [-0.05, 0) is 55.0 Å². The number of nitrogens with zero attached hydrogens (tertiary/aromatic N) is 2. The Bertz CT molecular complexity index is 1130. The van der Waals surface area contributed by atoms with Crippen LogP contribution in [-0.4, -0.2) is 17.0 Å². The smallest absolute Gasteiger partial charge is 0.311 e. The first kappa shape index (κ1) is 16.3. The quantitative estimate of drug-likeness (QED) is 0.354. The van der Waals surface area contributed by atoms with Crippen molar-refractivity contribution in [2.75, 3.05) is 7.11 Å². The summed E-state index contributed by atoms with van der Waals surface area (Å²) < 4.78 is 10.8. The Morgan fingerprint density at radius 3 is 2.62 bits per heavy atom. The normalized spacial score (nSPS) is 11.0. The molecule has 4 aromatic rings. The molecule has 130 valence electrons. The molecule has 2 aromatic carbocycles. The highest BCUT2D eigenvalue weighted by Gasteiger charge is 2.18. The van der Waals surface area contributed by atoms with Crippen LogP contribution >= 0.6 is 11.3 Å². The number of hydrogen-bond donors (Lipinski definition) is 0. The summed E-state index contributed by atoms with van der Waals surface area (Å²) >= 11 is 1.71. The number of methoxy groups -OCH3 is 1. The van der Waals surface area contributed by atoms with Crippen LogP contribution in [-0.2, 0) is 0 Å². The largest absolute Gasteiger partial charge is 0.490 e. The van der Waals surface area contributed by atoms with Gasteiger partial charge in [0.15, 0.2) is 11.3 Å². The Morgan fingerprint density at radius 1 is 1.12 bits per heavy atom. The van der Waals surface area contributed by atoms with Crippen LogP contribution in [0.5, 0.6) is 5.75 Å². The summed E-state index contributed by atoms with van der Waals surface area (Å²) in [5, 5.41) is 11.2. The van der Waals surface area contributed by atoms with Crippen LogP contribution in [0, 0.1) is 17.0 Å². The molecule has 0 aliphatic heterocycles. The van der Waals surface area contributed by atoms with E-state index in [1.165, 1.54) is 18.1 Å². The Balaban J connectivity index is 1.78. The third-order valence-corrected chi connectivity index (χ3v) is 5.08. The van der Waals surface area contributed by atoms with Gasteiger partial charge in [-0.1, -0.05) is 0 Å². The van der Waals surface area contributed by atoms with E-state index in [0.29, 0.717) is 22.6 Å². The molecular formula is C19H14N2O4S. The van der Waals surface area contributed by atoms with Gasteiger partial charge in [-0.2, -0.15) is 0 Å². The summed E-state index contributed by atoms with van der Waals surface area (Å²) in [6, 6.07) is 14.6. The average molecular weight is 366 g/mol. The van der Waals surface area contributed by atoms with Crippen LogP contribution in [0.2, 0.25) is 0 Å². The van der Waals surface area contributed by atoms with E-state index >= 15 is 0 Å². The molecule has 0 aliphatic carbocycles. The van der Waals surface area contributed by atoms with E-state index in [4.69, 9.17) is 9.15 Å². The summed E-state index contributed by atoms with van der Waals surface area (Å²) in [4.78, 5) is 17.6. The molecule has 26 heavy (non-hydrogen) atoms. The molecular weight excluding hydrogens is 352 g/mol. The van der Waals surface area contributed by atoms with Crippen LogP contribution in [0.25, 0.3) is 33.0 Å². The minimum Gasteiger partial charge on any atom is -0.490 e.